The van der Waals surface area contributed by atoms with Crippen LogP contribution in [0.25, 0.3) is 0 Å². The van der Waals surface area contributed by atoms with E-state index in [1.807, 2.05) is 11.8 Å². The molecule has 2 heterocycles. The number of anilines is 1. The highest BCUT2D eigenvalue weighted by Gasteiger charge is 2.20. The number of rotatable bonds is 7. The normalized spacial score (nSPS) is 18.4. The third kappa shape index (κ3) is 3.58. The van der Waals surface area contributed by atoms with E-state index >= 15 is 0 Å². The van der Waals surface area contributed by atoms with Gasteiger partial charge in [-0.1, -0.05) is 6.92 Å². The number of aryl methyl sites for hydroxylation is 1. The molecule has 6 nitrogen and oxygen atoms in total. The second-order valence-corrected chi connectivity index (χ2v) is 5.21. The fourth-order valence-corrected chi connectivity index (χ4v) is 2.65. The predicted molar refractivity (Wildman–Crippen MR) is 79.1 cm³/mol. The lowest BCUT2D eigenvalue weighted by atomic mass is 10.2. The molecule has 1 unspecified atom stereocenters. The van der Waals surface area contributed by atoms with Crippen LogP contribution in [0, 0.1) is 0 Å². The molecular weight excluding hydrogens is 256 g/mol. The van der Waals surface area contributed by atoms with Crippen molar-refractivity contribution in [2.24, 2.45) is 0 Å². The van der Waals surface area contributed by atoms with Crippen molar-refractivity contribution in [1.29, 1.82) is 0 Å². The zero-order chi connectivity index (χ0) is 14.4. The minimum Gasteiger partial charge on any atom is -0.395 e. The van der Waals surface area contributed by atoms with Gasteiger partial charge in [0.1, 0.15) is 0 Å². The molecule has 2 N–H and O–H groups in total. The molecule has 0 aliphatic carbocycles. The quantitative estimate of drug-likeness (QED) is 0.747. The van der Waals surface area contributed by atoms with E-state index in [2.05, 4.69) is 10.3 Å². The number of hydrogen-bond acceptors (Lipinski definition) is 5. The van der Waals surface area contributed by atoms with E-state index in [1.54, 1.807) is 17.0 Å². The minimum absolute atomic E-state index is 0.0243. The molecular formula is C14H24N4O2. The maximum atomic E-state index is 12.4. The van der Waals surface area contributed by atoms with Crippen molar-refractivity contribution in [3.63, 3.8) is 0 Å². The molecule has 2 rings (SSSR count). The molecule has 1 fully saturated rings. The highest BCUT2D eigenvalue weighted by Crippen LogP contribution is 2.10. The third-order valence-corrected chi connectivity index (χ3v) is 3.63. The van der Waals surface area contributed by atoms with Gasteiger partial charge >= 0.3 is 0 Å². The first-order chi connectivity index (χ1) is 9.76. The van der Waals surface area contributed by atoms with Gasteiger partial charge in [0.25, 0.3) is 5.56 Å². The lowest BCUT2D eigenvalue weighted by Gasteiger charge is -2.25. The molecule has 6 heteroatoms. The number of aliphatic hydroxyl groups excluding tert-OH is 1. The molecule has 1 aromatic heterocycles. The first-order valence-electron chi connectivity index (χ1n) is 7.41. The zero-order valence-corrected chi connectivity index (χ0v) is 12.1. The van der Waals surface area contributed by atoms with Crippen molar-refractivity contribution in [2.45, 2.75) is 38.8 Å². The van der Waals surface area contributed by atoms with Crippen LogP contribution in [-0.2, 0) is 6.54 Å². The fourth-order valence-electron chi connectivity index (χ4n) is 2.65. The highest BCUT2D eigenvalue weighted by molar-refractivity contribution is 5.36. The molecule has 1 aromatic rings. The summed E-state index contributed by atoms with van der Waals surface area (Å²) >= 11 is 0. The van der Waals surface area contributed by atoms with Crippen LogP contribution in [0.1, 0.15) is 26.2 Å². The first-order valence-corrected chi connectivity index (χ1v) is 7.41. The zero-order valence-electron chi connectivity index (χ0n) is 12.1. The van der Waals surface area contributed by atoms with Gasteiger partial charge in [-0.3, -0.25) is 4.79 Å². The van der Waals surface area contributed by atoms with E-state index < -0.39 is 0 Å². The Morgan fingerprint density at radius 1 is 1.60 bits per heavy atom. The van der Waals surface area contributed by atoms with Crippen LogP contribution in [0.15, 0.2) is 17.2 Å². The largest absolute Gasteiger partial charge is 0.395 e. The van der Waals surface area contributed by atoms with E-state index in [0.717, 1.165) is 25.9 Å². The van der Waals surface area contributed by atoms with Crippen LogP contribution >= 0.6 is 0 Å². The molecule has 0 radical (unpaired) electrons. The molecule has 1 atom stereocenters. The molecule has 1 aliphatic heterocycles. The van der Waals surface area contributed by atoms with Crippen molar-refractivity contribution in [1.82, 2.24) is 14.9 Å². The molecule has 0 amide bonds. The summed E-state index contributed by atoms with van der Waals surface area (Å²) in [6.07, 6.45) is 6.57. The maximum Gasteiger partial charge on any atom is 0.293 e. The van der Waals surface area contributed by atoms with Gasteiger partial charge in [-0.2, -0.15) is 0 Å². The lowest BCUT2D eigenvalue weighted by Crippen LogP contribution is -2.42. The molecule has 112 valence electrons. The summed E-state index contributed by atoms with van der Waals surface area (Å²) < 4.78 is 1.69. The predicted octanol–water partition coefficient (Wildman–Crippen LogP) is 0.204. The number of nitrogens with zero attached hydrogens (tertiary/aromatic N) is 3. The fraction of sp³-hybridized carbons (Fsp3) is 0.714. The average Bonchev–Trinajstić information content (AvgIpc) is 2.94. The Morgan fingerprint density at radius 2 is 2.45 bits per heavy atom. The van der Waals surface area contributed by atoms with E-state index in [0.29, 0.717) is 24.9 Å². The number of hydrogen-bond donors (Lipinski definition) is 2. The van der Waals surface area contributed by atoms with Crippen molar-refractivity contribution >= 4 is 5.82 Å². The number of aliphatic hydroxyl groups is 1. The second kappa shape index (κ2) is 7.40. The van der Waals surface area contributed by atoms with Crippen molar-refractivity contribution in [2.75, 3.05) is 31.1 Å². The van der Waals surface area contributed by atoms with Gasteiger partial charge < -0.3 is 19.9 Å². The molecule has 0 bridgehead atoms. The van der Waals surface area contributed by atoms with Gasteiger partial charge in [0.05, 0.1) is 6.61 Å². The van der Waals surface area contributed by atoms with Crippen molar-refractivity contribution < 1.29 is 5.11 Å². The summed E-state index contributed by atoms with van der Waals surface area (Å²) in [7, 11) is 0. The summed E-state index contributed by atoms with van der Waals surface area (Å²) in [6, 6.07) is 0.377. The van der Waals surface area contributed by atoms with Crippen molar-refractivity contribution in [3.05, 3.63) is 22.7 Å². The Morgan fingerprint density at radius 3 is 3.10 bits per heavy atom. The van der Waals surface area contributed by atoms with Crippen LogP contribution in [0.4, 0.5) is 5.82 Å². The summed E-state index contributed by atoms with van der Waals surface area (Å²) in [5, 5.41) is 12.7. The van der Waals surface area contributed by atoms with E-state index in [1.165, 1.54) is 6.42 Å². The van der Waals surface area contributed by atoms with Gasteiger partial charge in [-0.05, 0) is 25.8 Å². The summed E-state index contributed by atoms with van der Waals surface area (Å²) in [6.45, 7) is 4.95. The Balaban J connectivity index is 2.19. The van der Waals surface area contributed by atoms with Gasteiger partial charge in [-0.25, -0.2) is 4.98 Å². The Hall–Kier alpha value is -1.40. The van der Waals surface area contributed by atoms with E-state index in [-0.39, 0.29) is 12.2 Å². The molecule has 1 saturated heterocycles. The van der Waals surface area contributed by atoms with Gasteiger partial charge in [0, 0.05) is 38.1 Å². The van der Waals surface area contributed by atoms with Crippen LogP contribution in [0.5, 0.6) is 0 Å². The van der Waals surface area contributed by atoms with Gasteiger partial charge in [-0.15, -0.1) is 0 Å². The van der Waals surface area contributed by atoms with E-state index in [4.69, 9.17) is 0 Å². The second-order valence-electron chi connectivity index (χ2n) is 5.21. The monoisotopic (exact) mass is 280 g/mol. The molecule has 0 aromatic carbocycles. The lowest BCUT2D eigenvalue weighted by molar-refractivity contribution is 0.300. The Bertz CT molecular complexity index is 468. The first kappa shape index (κ1) is 15.0. The van der Waals surface area contributed by atoms with Crippen molar-refractivity contribution in [3.8, 4) is 0 Å². The van der Waals surface area contributed by atoms with Crippen LogP contribution in [0.3, 0.4) is 0 Å². The van der Waals surface area contributed by atoms with Gasteiger partial charge in [0.15, 0.2) is 5.82 Å². The molecule has 0 spiro atoms. The Labute approximate surface area is 119 Å². The highest BCUT2D eigenvalue weighted by atomic mass is 16.3. The van der Waals surface area contributed by atoms with Crippen LogP contribution in [-0.4, -0.2) is 46.9 Å². The molecule has 1 aliphatic rings. The standard InChI is InChI=1S/C14H24N4O2/c1-2-7-17-8-6-16-13(14(17)20)18(9-10-19)11-12-4-3-5-15-12/h6,8,12,15,19H,2-5,7,9-11H2,1H3. The molecule has 0 saturated carbocycles. The van der Waals surface area contributed by atoms with Gasteiger partial charge in [0.2, 0.25) is 0 Å². The minimum atomic E-state index is -0.0687. The van der Waals surface area contributed by atoms with Crippen LogP contribution < -0.4 is 15.8 Å². The summed E-state index contributed by atoms with van der Waals surface area (Å²) in [5.41, 5.74) is -0.0687. The number of aromatic nitrogens is 2. The third-order valence-electron chi connectivity index (χ3n) is 3.63. The SMILES string of the molecule is CCCn1ccnc(N(CCO)CC2CCCN2)c1=O. The number of nitrogens with one attached hydrogen (secondary N) is 1. The van der Waals surface area contributed by atoms with E-state index in [9.17, 15) is 9.90 Å². The maximum absolute atomic E-state index is 12.4. The summed E-state index contributed by atoms with van der Waals surface area (Å²) in [5.74, 6) is 0.448. The van der Waals surface area contributed by atoms with Crippen LogP contribution in [0.2, 0.25) is 0 Å². The average molecular weight is 280 g/mol. The topological polar surface area (TPSA) is 70.4 Å². The summed E-state index contributed by atoms with van der Waals surface area (Å²) in [4.78, 5) is 18.5. The molecule has 20 heavy (non-hydrogen) atoms. The Kier molecular flexibility index (Phi) is 5.55. The smallest absolute Gasteiger partial charge is 0.293 e.